The van der Waals surface area contributed by atoms with E-state index in [1.54, 1.807) is 6.92 Å². The van der Waals surface area contributed by atoms with Crippen molar-refractivity contribution < 1.29 is 14.3 Å². The summed E-state index contributed by atoms with van der Waals surface area (Å²) in [6.07, 6.45) is 2.76. The maximum absolute atomic E-state index is 12.3. The smallest absolute Gasteiger partial charge is 0.307 e. The van der Waals surface area contributed by atoms with E-state index in [0.717, 1.165) is 23.9 Å². The molecule has 0 aliphatic heterocycles. The summed E-state index contributed by atoms with van der Waals surface area (Å²) < 4.78 is 6.83. The number of carbonyl (C=O) groups excluding carboxylic acids is 2. The molecule has 0 saturated heterocycles. The fourth-order valence-electron chi connectivity index (χ4n) is 2.56. The molecule has 1 aliphatic rings. The summed E-state index contributed by atoms with van der Waals surface area (Å²) in [4.78, 5) is 23.6. The maximum atomic E-state index is 12.3. The van der Waals surface area contributed by atoms with Gasteiger partial charge >= 0.3 is 5.97 Å². The zero-order valence-electron chi connectivity index (χ0n) is 13.2. The Morgan fingerprint density at radius 3 is 2.67 bits per heavy atom. The first-order valence-corrected chi connectivity index (χ1v) is 7.46. The lowest BCUT2D eigenvalue weighted by Gasteiger charge is -2.13. The molecule has 1 aliphatic carbocycles. The van der Waals surface area contributed by atoms with Gasteiger partial charge in [-0.3, -0.25) is 9.59 Å². The first kappa shape index (κ1) is 15.6. The van der Waals surface area contributed by atoms with Crippen molar-refractivity contribution in [2.75, 3.05) is 7.11 Å². The predicted octanol–water partition coefficient (Wildman–Crippen LogP) is 2.20. The van der Waals surface area contributed by atoms with Crippen molar-refractivity contribution >= 4 is 11.9 Å². The second-order valence-electron chi connectivity index (χ2n) is 5.99. The number of hydrogen-bond acceptors (Lipinski definition) is 3. The molecule has 1 saturated carbocycles. The highest BCUT2D eigenvalue weighted by molar-refractivity contribution is 5.96. The molecule has 116 valence electrons. The Kier molecular flexibility index (Phi) is 4.70. The number of esters is 1. The van der Waals surface area contributed by atoms with Crippen LogP contribution in [-0.2, 0) is 16.1 Å². The fourth-order valence-corrected chi connectivity index (χ4v) is 2.56. The molecule has 1 atom stereocenters. The second-order valence-corrected chi connectivity index (χ2v) is 5.99. The van der Waals surface area contributed by atoms with Gasteiger partial charge in [0.2, 0.25) is 0 Å². The highest BCUT2D eigenvalue weighted by Crippen LogP contribution is 2.32. The number of ether oxygens (including phenoxy) is 1. The lowest BCUT2D eigenvalue weighted by atomic mass is 10.2. The normalized spacial score (nSPS) is 15.6. The first-order chi connectivity index (χ1) is 9.92. The molecule has 0 spiro atoms. The third-order valence-electron chi connectivity index (χ3n) is 4.03. The topological polar surface area (TPSA) is 60.3 Å². The minimum atomic E-state index is -0.318. The monoisotopic (exact) mass is 292 g/mol. The lowest BCUT2D eigenvalue weighted by Crippen LogP contribution is -2.34. The Bertz CT molecular complexity index is 544. The highest BCUT2D eigenvalue weighted by Gasteiger charge is 2.25. The van der Waals surface area contributed by atoms with Gasteiger partial charge in [0.1, 0.15) is 0 Å². The standard InChI is InChI=1S/C16H24N2O3/c1-10(7-15(19)21-4)17-16(20)14-8-11(2)18(12(14)3)9-13-5-6-13/h8,10,13H,5-7,9H2,1-4H3,(H,17,20)/t10-/m1/s1. The van der Waals surface area contributed by atoms with Gasteiger partial charge in [-0.2, -0.15) is 0 Å². The van der Waals surface area contributed by atoms with Crippen LogP contribution in [0, 0.1) is 19.8 Å². The van der Waals surface area contributed by atoms with E-state index in [4.69, 9.17) is 0 Å². The molecular weight excluding hydrogens is 268 g/mol. The van der Waals surface area contributed by atoms with E-state index in [1.165, 1.54) is 20.0 Å². The van der Waals surface area contributed by atoms with Crippen molar-refractivity contribution in [1.29, 1.82) is 0 Å². The molecule has 0 aromatic carbocycles. The number of carbonyl (C=O) groups is 2. The van der Waals surface area contributed by atoms with Crippen LogP contribution in [0.2, 0.25) is 0 Å². The van der Waals surface area contributed by atoms with E-state index in [-0.39, 0.29) is 24.3 Å². The zero-order valence-corrected chi connectivity index (χ0v) is 13.2. The zero-order chi connectivity index (χ0) is 15.6. The number of nitrogens with one attached hydrogen (secondary N) is 1. The molecule has 1 aromatic heterocycles. The molecule has 0 unspecified atom stereocenters. The van der Waals surface area contributed by atoms with Crippen molar-refractivity contribution in [3.8, 4) is 0 Å². The average Bonchev–Trinajstić information content (AvgIpc) is 3.19. The fraction of sp³-hybridized carbons (Fsp3) is 0.625. The van der Waals surface area contributed by atoms with Crippen LogP contribution in [0.15, 0.2) is 6.07 Å². The van der Waals surface area contributed by atoms with Crippen LogP contribution < -0.4 is 5.32 Å². The molecule has 5 heteroatoms. The number of hydrogen-bond donors (Lipinski definition) is 1. The molecular formula is C16H24N2O3. The molecule has 5 nitrogen and oxygen atoms in total. The van der Waals surface area contributed by atoms with Crippen molar-refractivity contribution in [2.24, 2.45) is 5.92 Å². The number of methoxy groups -OCH3 is 1. The number of rotatable bonds is 6. The van der Waals surface area contributed by atoms with Gasteiger partial charge in [0.25, 0.3) is 5.91 Å². The Hall–Kier alpha value is -1.78. The molecule has 1 amide bonds. The number of amides is 1. The number of nitrogens with zero attached hydrogens (tertiary/aromatic N) is 1. The summed E-state index contributed by atoms with van der Waals surface area (Å²) in [5.74, 6) is 0.326. The lowest BCUT2D eigenvalue weighted by molar-refractivity contribution is -0.141. The minimum absolute atomic E-state index is 0.124. The molecule has 0 radical (unpaired) electrons. The number of aryl methyl sites for hydroxylation is 1. The average molecular weight is 292 g/mol. The summed E-state index contributed by atoms with van der Waals surface area (Å²) in [6, 6.07) is 1.69. The van der Waals surface area contributed by atoms with Gasteiger partial charge in [0.05, 0.1) is 19.1 Å². The molecule has 2 rings (SSSR count). The minimum Gasteiger partial charge on any atom is -0.469 e. The van der Waals surface area contributed by atoms with Gasteiger partial charge in [-0.1, -0.05) is 0 Å². The van der Waals surface area contributed by atoms with E-state index in [1.807, 2.05) is 19.9 Å². The first-order valence-electron chi connectivity index (χ1n) is 7.46. The third-order valence-corrected chi connectivity index (χ3v) is 4.03. The van der Waals surface area contributed by atoms with Crippen molar-refractivity contribution in [2.45, 2.75) is 52.6 Å². The van der Waals surface area contributed by atoms with E-state index < -0.39 is 0 Å². The van der Waals surface area contributed by atoms with Crippen molar-refractivity contribution in [3.05, 3.63) is 23.0 Å². The Morgan fingerprint density at radius 2 is 2.10 bits per heavy atom. The van der Waals surface area contributed by atoms with Crippen LogP contribution >= 0.6 is 0 Å². The van der Waals surface area contributed by atoms with Gasteiger partial charge in [0.15, 0.2) is 0 Å². The van der Waals surface area contributed by atoms with Gasteiger partial charge in [-0.05, 0) is 45.6 Å². The SMILES string of the molecule is COC(=O)C[C@@H](C)NC(=O)c1cc(C)n(CC2CC2)c1C. The Labute approximate surface area is 125 Å². The van der Waals surface area contributed by atoms with E-state index in [2.05, 4.69) is 14.6 Å². The molecule has 21 heavy (non-hydrogen) atoms. The Morgan fingerprint density at radius 1 is 1.43 bits per heavy atom. The van der Waals surface area contributed by atoms with Crippen LogP contribution in [0.5, 0.6) is 0 Å². The molecule has 1 heterocycles. The summed E-state index contributed by atoms with van der Waals surface area (Å²) >= 11 is 0. The summed E-state index contributed by atoms with van der Waals surface area (Å²) in [5.41, 5.74) is 2.82. The Balaban J connectivity index is 2.03. The molecule has 1 aromatic rings. The van der Waals surface area contributed by atoms with Crippen LogP contribution in [0.4, 0.5) is 0 Å². The van der Waals surface area contributed by atoms with Crippen LogP contribution in [0.25, 0.3) is 0 Å². The van der Waals surface area contributed by atoms with E-state index in [9.17, 15) is 9.59 Å². The van der Waals surface area contributed by atoms with Crippen LogP contribution in [-0.4, -0.2) is 29.6 Å². The highest BCUT2D eigenvalue weighted by atomic mass is 16.5. The summed E-state index contributed by atoms with van der Waals surface area (Å²) in [5, 5.41) is 2.86. The van der Waals surface area contributed by atoms with Gasteiger partial charge in [0, 0.05) is 24.0 Å². The van der Waals surface area contributed by atoms with Gasteiger partial charge < -0.3 is 14.6 Å². The molecule has 0 bridgehead atoms. The van der Waals surface area contributed by atoms with Crippen molar-refractivity contribution in [3.63, 3.8) is 0 Å². The second kappa shape index (κ2) is 6.33. The van der Waals surface area contributed by atoms with Gasteiger partial charge in [-0.15, -0.1) is 0 Å². The van der Waals surface area contributed by atoms with E-state index >= 15 is 0 Å². The predicted molar refractivity (Wildman–Crippen MR) is 80.2 cm³/mol. The van der Waals surface area contributed by atoms with Crippen LogP contribution in [0.1, 0.15) is 47.9 Å². The third kappa shape index (κ3) is 3.86. The summed E-state index contributed by atoms with van der Waals surface area (Å²) in [7, 11) is 1.35. The molecule has 1 N–H and O–H groups in total. The van der Waals surface area contributed by atoms with E-state index in [0.29, 0.717) is 5.56 Å². The largest absolute Gasteiger partial charge is 0.469 e. The number of aromatic nitrogens is 1. The quantitative estimate of drug-likeness (QED) is 0.818. The van der Waals surface area contributed by atoms with Gasteiger partial charge in [-0.25, -0.2) is 0 Å². The van der Waals surface area contributed by atoms with Crippen molar-refractivity contribution in [1.82, 2.24) is 9.88 Å². The maximum Gasteiger partial charge on any atom is 0.307 e. The van der Waals surface area contributed by atoms with Crippen LogP contribution in [0.3, 0.4) is 0 Å². The summed E-state index contributed by atoms with van der Waals surface area (Å²) in [6.45, 7) is 6.82. The molecule has 1 fully saturated rings.